The van der Waals surface area contributed by atoms with Gasteiger partial charge in [0.15, 0.2) is 17.5 Å². The summed E-state index contributed by atoms with van der Waals surface area (Å²) in [6.45, 7) is 8.86. The molecule has 7 unspecified atom stereocenters. The normalized spacial score (nSPS) is 44.2. The van der Waals surface area contributed by atoms with E-state index in [2.05, 4.69) is 13.8 Å². The molecule has 0 amide bonds. The van der Waals surface area contributed by atoms with E-state index in [0.717, 1.165) is 6.42 Å². The zero-order valence-corrected chi connectivity index (χ0v) is 18.3. The van der Waals surface area contributed by atoms with Gasteiger partial charge in [0.25, 0.3) is 0 Å². The van der Waals surface area contributed by atoms with Crippen molar-refractivity contribution in [2.75, 3.05) is 6.61 Å². The number of fused-ring (bicyclic) bond motifs is 3. The number of Topliss-reactive ketones (excluding diaryl/α,β-unsaturated/α-hetero) is 1. The molecule has 0 aromatic heterocycles. The number of ether oxygens (including phenoxy) is 1. The Balaban J connectivity index is 1.86. The zero-order chi connectivity index (χ0) is 22.2. The summed E-state index contributed by atoms with van der Waals surface area (Å²) in [5.74, 6) is -0.795. The van der Waals surface area contributed by atoms with Crippen LogP contribution in [-0.2, 0) is 14.3 Å². The molecule has 0 aromatic carbocycles. The fourth-order valence-corrected chi connectivity index (χ4v) is 6.53. The number of carbonyl (C=O) groups excluding carboxylic acids is 2. The van der Waals surface area contributed by atoms with E-state index >= 15 is 0 Å². The minimum atomic E-state index is -2.05. The Bertz CT molecular complexity index is 895. The first-order valence-electron chi connectivity index (χ1n) is 10.8. The van der Waals surface area contributed by atoms with Crippen molar-refractivity contribution in [1.29, 1.82) is 0 Å². The number of rotatable bonds is 3. The van der Waals surface area contributed by atoms with Gasteiger partial charge in [0.05, 0.1) is 12.0 Å². The van der Waals surface area contributed by atoms with Crippen molar-refractivity contribution in [3.05, 3.63) is 34.9 Å². The summed E-state index contributed by atoms with van der Waals surface area (Å²) in [5.41, 5.74) is -2.27. The minimum Gasteiger partial charge on any atom is -0.451 e. The Morgan fingerprint density at radius 3 is 2.63 bits per heavy atom. The van der Waals surface area contributed by atoms with Crippen LogP contribution in [0.15, 0.2) is 34.9 Å². The second-order valence-electron chi connectivity index (χ2n) is 10.1. The third-order valence-corrected chi connectivity index (χ3v) is 8.44. The molecule has 0 heterocycles. The molecule has 2 saturated carbocycles. The maximum atomic E-state index is 14.0. The summed E-state index contributed by atoms with van der Waals surface area (Å²) in [6, 6.07) is 0. The molecule has 0 saturated heterocycles. The summed E-state index contributed by atoms with van der Waals surface area (Å²) in [4.78, 5) is 26.5. The van der Waals surface area contributed by atoms with E-state index in [1.54, 1.807) is 39.0 Å². The highest BCUT2D eigenvalue weighted by atomic mass is 16.6. The first kappa shape index (κ1) is 21.5. The topological polar surface area (TPSA) is 104 Å². The van der Waals surface area contributed by atoms with Crippen LogP contribution in [0.3, 0.4) is 0 Å². The summed E-state index contributed by atoms with van der Waals surface area (Å²) < 4.78 is 5.68. The third kappa shape index (κ3) is 2.47. The Morgan fingerprint density at radius 1 is 1.37 bits per heavy atom. The SMILES string of the molecule is C/C=C(/C)C(=O)OC1C(C)=CC23CCC4C(C(C=C(CO)C(O)C12O)C3=O)C4(C)C. The Labute approximate surface area is 177 Å². The van der Waals surface area contributed by atoms with Crippen molar-refractivity contribution >= 4 is 11.8 Å². The number of allylic oxidation sites excluding steroid dienone is 2. The van der Waals surface area contributed by atoms with Crippen molar-refractivity contribution in [1.82, 2.24) is 0 Å². The summed E-state index contributed by atoms with van der Waals surface area (Å²) in [6.07, 6.45) is 3.43. The summed E-state index contributed by atoms with van der Waals surface area (Å²) in [7, 11) is 0. The maximum absolute atomic E-state index is 14.0. The molecule has 2 fully saturated rings. The predicted octanol–water partition coefficient (Wildman–Crippen LogP) is 2.09. The fraction of sp³-hybridized carbons (Fsp3) is 0.667. The van der Waals surface area contributed by atoms with Crippen LogP contribution in [0.2, 0.25) is 0 Å². The van der Waals surface area contributed by atoms with Crippen molar-refractivity contribution in [3.8, 4) is 0 Å². The van der Waals surface area contributed by atoms with Gasteiger partial charge in [-0.05, 0) is 62.0 Å². The van der Waals surface area contributed by atoms with E-state index in [-0.39, 0.29) is 22.7 Å². The lowest BCUT2D eigenvalue weighted by molar-refractivity contribution is -0.194. The van der Waals surface area contributed by atoms with E-state index in [1.807, 2.05) is 0 Å². The number of aliphatic hydroxyl groups excluding tert-OH is 2. The van der Waals surface area contributed by atoms with Gasteiger partial charge in [0, 0.05) is 11.5 Å². The highest BCUT2D eigenvalue weighted by Gasteiger charge is 2.74. The van der Waals surface area contributed by atoms with Gasteiger partial charge in [-0.3, -0.25) is 4.79 Å². The van der Waals surface area contributed by atoms with Crippen molar-refractivity contribution in [3.63, 3.8) is 0 Å². The van der Waals surface area contributed by atoms with Gasteiger partial charge < -0.3 is 20.1 Å². The minimum absolute atomic E-state index is 0.00132. The van der Waals surface area contributed by atoms with Crippen molar-refractivity contribution in [2.24, 2.45) is 28.6 Å². The fourth-order valence-electron chi connectivity index (χ4n) is 6.53. The average molecular weight is 417 g/mol. The third-order valence-electron chi connectivity index (χ3n) is 8.44. The first-order chi connectivity index (χ1) is 14.0. The molecule has 7 atom stereocenters. The molecule has 6 heteroatoms. The highest BCUT2D eigenvalue weighted by Crippen LogP contribution is 2.70. The molecule has 4 aliphatic rings. The number of ketones is 1. The monoisotopic (exact) mass is 416 g/mol. The molecule has 30 heavy (non-hydrogen) atoms. The molecule has 1 spiro atoms. The molecule has 4 rings (SSSR count). The van der Waals surface area contributed by atoms with Gasteiger partial charge >= 0.3 is 5.97 Å². The molecule has 2 bridgehead atoms. The Kier molecular flexibility index (Phi) is 4.74. The smallest absolute Gasteiger partial charge is 0.334 e. The quantitative estimate of drug-likeness (QED) is 0.370. The molecular formula is C24H32O6. The van der Waals surface area contributed by atoms with Crippen LogP contribution < -0.4 is 0 Å². The van der Waals surface area contributed by atoms with E-state index < -0.39 is 41.7 Å². The molecular weight excluding hydrogens is 384 g/mol. The average Bonchev–Trinajstić information content (AvgIpc) is 3.23. The zero-order valence-electron chi connectivity index (χ0n) is 18.3. The van der Waals surface area contributed by atoms with Crippen LogP contribution in [0.5, 0.6) is 0 Å². The molecule has 6 nitrogen and oxygen atoms in total. The number of hydrogen-bond donors (Lipinski definition) is 3. The highest BCUT2D eigenvalue weighted by molar-refractivity contribution is 5.95. The Hall–Kier alpha value is -1.76. The second-order valence-corrected chi connectivity index (χ2v) is 10.1. The summed E-state index contributed by atoms with van der Waals surface area (Å²) in [5, 5.41) is 33.3. The molecule has 164 valence electrons. The van der Waals surface area contributed by atoms with Crippen molar-refractivity contribution in [2.45, 2.75) is 65.3 Å². The largest absolute Gasteiger partial charge is 0.451 e. The molecule has 4 aliphatic carbocycles. The van der Waals surface area contributed by atoms with E-state index in [9.17, 15) is 24.9 Å². The van der Waals surface area contributed by atoms with Gasteiger partial charge in [0.2, 0.25) is 0 Å². The standard InChI is InChI=1S/C24H32O6/c1-6-12(2)21(28)30-20-13(3)10-23-8-7-16-17(22(16,4)5)15(19(23)27)9-14(11-25)18(26)24(20,23)29/h6,9-10,15-18,20,25-26,29H,7-8,11H2,1-5H3/b12-6-. The van der Waals surface area contributed by atoms with Crippen LogP contribution in [-0.4, -0.2) is 51.5 Å². The van der Waals surface area contributed by atoms with E-state index in [0.29, 0.717) is 23.5 Å². The number of esters is 1. The van der Waals surface area contributed by atoms with E-state index in [4.69, 9.17) is 4.74 Å². The predicted molar refractivity (Wildman–Crippen MR) is 110 cm³/mol. The Morgan fingerprint density at radius 2 is 2.03 bits per heavy atom. The van der Waals surface area contributed by atoms with Crippen LogP contribution in [0.4, 0.5) is 0 Å². The second kappa shape index (κ2) is 6.62. The van der Waals surface area contributed by atoms with Crippen molar-refractivity contribution < 1.29 is 29.6 Å². The summed E-state index contributed by atoms with van der Waals surface area (Å²) >= 11 is 0. The molecule has 0 aliphatic heterocycles. The maximum Gasteiger partial charge on any atom is 0.334 e. The molecule has 3 N–H and O–H groups in total. The first-order valence-corrected chi connectivity index (χ1v) is 10.8. The lowest BCUT2D eigenvalue weighted by Crippen LogP contribution is -2.63. The van der Waals surface area contributed by atoms with Crippen LogP contribution in [0.1, 0.15) is 47.5 Å². The molecule has 0 radical (unpaired) electrons. The van der Waals surface area contributed by atoms with Gasteiger partial charge in [-0.1, -0.05) is 32.1 Å². The number of aliphatic hydroxyl groups is 3. The van der Waals surface area contributed by atoms with Gasteiger partial charge in [-0.2, -0.15) is 0 Å². The lowest BCUT2D eigenvalue weighted by Gasteiger charge is -2.46. The number of carbonyl (C=O) groups is 2. The van der Waals surface area contributed by atoms with Gasteiger partial charge in [0.1, 0.15) is 6.10 Å². The molecule has 0 aromatic rings. The van der Waals surface area contributed by atoms with Crippen LogP contribution in [0, 0.1) is 28.6 Å². The number of hydrogen-bond acceptors (Lipinski definition) is 6. The van der Waals surface area contributed by atoms with Crippen LogP contribution in [0.25, 0.3) is 0 Å². The van der Waals surface area contributed by atoms with Gasteiger partial charge in [-0.15, -0.1) is 0 Å². The lowest BCUT2D eigenvalue weighted by atomic mass is 9.63. The van der Waals surface area contributed by atoms with E-state index in [1.165, 1.54) is 0 Å². The van der Waals surface area contributed by atoms with Gasteiger partial charge in [-0.25, -0.2) is 4.79 Å². The van der Waals surface area contributed by atoms with Crippen LogP contribution >= 0.6 is 0 Å².